The van der Waals surface area contributed by atoms with Crippen molar-refractivity contribution in [2.45, 2.75) is 13.8 Å². The Bertz CT molecular complexity index is 666. The lowest BCUT2D eigenvalue weighted by Crippen LogP contribution is -2.36. The third kappa shape index (κ3) is 3.28. The van der Waals surface area contributed by atoms with E-state index in [1.807, 2.05) is 26.0 Å². The van der Waals surface area contributed by atoms with Crippen molar-refractivity contribution in [2.24, 2.45) is 0 Å². The van der Waals surface area contributed by atoms with E-state index >= 15 is 0 Å². The maximum absolute atomic E-state index is 12.2. The molecule has 122 valence electrons. The van der Waals surface area contributed by atoms with Crippen molar-refractivity contribution >= 4 is 34.7 Å². The highest BCUT2D eigenvalue weighted by molar-refractivity contribution is 8.18. The highest BCUT2D eigenvalue weighted by Gasteiger charge is 2.33. The number of amides is 2. The first kappa shape index (κ1) is 16.1. The van der Waals surface area contributed by atoms with Gasteiger partial charge in [-0.15, -0.1) is 0 Å². The zero-order valence-corrected chi connectivity index (χ0v) is 14.2. The molecule has 2 heterocycles. The van der Waals surface area contributed by atoms with Crippen LogP contribution in [0.4, 0.5) is 10.5 Å². The van der Waals surface area contributed by atoms with Crippen LogP contribution in [0.5, 0.6) is 0 Å². The summed E-state index contributed by atoms with van der Waals surface area (Å²) in [4.78, 5) is 28.0. The van der Waals surface area contributed by atoms with Crippen LogP contribution in [0, 0.1) is 6.92 Å². The molecule has 23 heavy (non-hydrogen) atoms. The maximum Gasteiger partial charge on any atom is 0.293 e. The lowest BCUT2D eigenvalue weighted by atomic mass is 10.1. The van der Waals surface area contributed by atoms with Gasteiger partial charge in [0.1, 0.15) is 0 Å². The van der Waals surface area contributed by atoms with E-state index in [9.17, 15) is 9.59 Å². The first-order chi connectivity index (χ1) is 11.1. The van der Waals surface area contributed by atoms with E-state index in [0.717, 1.165) is 49.2 Å². The molecule has 2 fully saturated rings. The standard InChI is InChI=1S/C17H20N2O3S/c1-3-19-16(20)15(23-17(19)21)11-13-4-5-14(10-12(13)2)18-6-8-22-9-7-18/h4-5,10-11H,3,6-9H2,1-2H3. The minimum atomic E-state index is -0.195. The number of anilines is 1. The number of thioether (sulfide) groups is 1. The van der Waals surface area contributed by atoms with Gasteiger partial charge in [0, 0.05) is 25.3 Å². The lowest BCUT2D eigenvalue weighted by Gasteiger charge is -2.29. The normalized spacial score (nSPS) is 20.7. The summed E-state index contributed by atoms with van der Waals surface area (Å²) >= 11 is 1.01. The zero-order valence-electron chi connectivity index (χ0n) is 13.4. The molecule has 1 aromatic rings. The molecule has 1 aromatic carbocycles. The van der Waals surface area contributed by atoms with Gasteiger partial charge in [-0.1, -0.05) is 6.07 Å². The number of rotatable bonds is 3. The van der Waals surface area contributed by atoms with Crippen molar-refractivity contribution in [3.8, 4) is 0 Å². The molecule has 0 radical (unpaired) electrons. The second kappa shape index (κ2) is 6.76. The molecular weight excluding hydrogens is 312 g/mol. The molecule has 0 saturated carbocycles. The van der Waals surface area contributed by atoms with Crippen molar-refractivity contribution in [3.63, 3.8) is 0 Å². The predicted octanol–water partition coefficient (Wildman–Crippen LogP) is 2.89. The summed E-state index contributed by atoms with van der Waals surface area (Å²) in [5, 5.41) is -0.189. The monoisotopic (exact) mass is 332 g/mol. The van der Waals surface area contributed by atoms with E-state index in [-0.39, 0.29) is 11.1 Å². The molecule has 2 aliphatic heterocycles. The molecule has 0 spiro atoms. The molecule has 2 amide bonds. The van der Waals surface area contributed by atoms with E-state index < -0.39 is 0 Å². The van der Waals surface area contributed by atoms with Crippen LogP contribution in [0.3, 0.4) is 0 Å². The van der Waals surface area contributed by atoms with Gasteiger partial charge in [0.15, 0.2) is 0 Å². The Morgan fingerprint density at radius 3 is 2.61 bits per heavy atom. The van der Waals surface area contributed by atoms with Gasteiger partial charge in [0.25, 0.3) is 11.1 Å². The van der Waals surface area contributed by atoms with E-state index in [1.54, 1.807) is 0 Å². The fourth-order valence-corrected chi connectivity index (χ4v) is 3.65. The molecule has 2 saturated heterocycles. The summed E-state index contributed by atoms with van der Waals surface area (Å²) < 4.78 is 5.38. The highest BCUT2D eigenvalue weighted by Crippen LogP contribution is 2.33. The average Bonchev–Trinajstić information content (AvgIpc) is 2.83. The van der Waals surface area contributed by atoms with Gasteiger partial charge in [0.05, 0.1) is 18.1 Å². The molecule has 5 nitrogen and oxygen atoms in total. The highest BCUT2D eigenvalue weighted by atomic mass is 32.2. The fourth-order valence-electron chi connectivity index (χ4n) is 2.75. The molecule has 0 aromatic heterocycles. The molecule has 0 aliphatic carbocycles. The quantitative estimate of drug-likeness (QED) is 0.797. The zero-order chi connectivity index (χ0) is 16.4. The van der Waals surface area contributed by atoms with E-state index in [4.69, 9.17) is 4.74 Å². The SMILES string of the molecule is CCN1C(=O)SC(=Cc2ccc(N3CCOCC3)cc2C)C1=O. The lowest BCUT2D eigenvalue weighted by molar-refractivity contribution is -0.122. The van der Waals surface area contributed by atoms with Gasteiger partial charge in [-0.3, -0.25) is 14.5 Å². The van der Waals surface area contributed by atoms with Crippen LogP contribution < -0.4 is 4.90 Å². The second-order valence-corrected chi connectivity index (χ2v) is 6.56. The molecule has 3 rings (SSSR count). The second-order valence-electron chi connectivity index (χ2n) is 5.57. The molecule has 0 atom stereocenters. The van der Waals surface area contributed by atoms with Crippen molar-refractivity contribution in [1.82, 2.24) is 4.90 Å². The Hall–Kier alpha value is -1.79. The van der Waals surface area contributed by atoms with Crippen LogP contribution in [0.15, 0.2) is 23.1 Å². The largest absolute Gasteiger partial charge is 0.378 e. The van der Waals surface area contributed by atoms with Gasteiger partial charge in [0.2, 0.25) is 0 Å². The summed E-state index contributed by atoms with van der Waals surface area (Å²) in [7, 11) is 0. The third-order valence-electron chi connectivity index (χ3n) is 4.11. The van der Waals surface area contributed by atoms with Crippen molar-refractivity contribution in [2.75, 3.05) is 37.7 Å². The van der Waals surface area contributed by atoms with Crippen LogP contribution in [0.2, 0.25) is 0 Å². The Balaban J connectivity index is 1.82. The molecule has 0 unspecified atom stereocenters. The van der Waals surface area contributed by atoms with Gasteiger partial charge in [-0.05, 0) is 54.9 Å². The molecule has 0 bridgehead atoms. The van der Waals surface area contributed by atoms with Crippen LogP contribution in [-0.4, -0.2) is 48.9 Å². The number of aryl methyl sites for hydroxylation is 1. The number of likely N-dealkylation sites (N-methyl/N-ethyl adjacent to an activating group) is 1. The van der Waals surface area contributed by atoms with E-state index in [2.05, 4.69) is 17.0 Å². The average molecular weight is 332 g/mol. The predicted molar refractivity (Wildman–Crippen MR) is 92.6 cm³/mol. The number of nitrogens with zero attached hydrogens (tertiary/aromatic N) is 2. The molecule has 6 heteroatoms. The van der Waals surface area contributed by atoms with Crippen molar-refractivity contribution in [3.05, 3.63) is 34.2 Å². The summed E-state index contributed by atoms with van der Waals surface area (Å²) in [6, 6.07) is 6.20. The number of benzene rings is 1. The smallest absolute Gasteiger partial charge is 0.293 e. The number of hydrogen-bond donors (Lipinski definition) is 0. The molecule has 2 aliphatic rings. The molecule has 0 N–H and O–H groups in total. The first-order valence-corrected chi connectivity index (χ1v) is 8.60. The van der Waals surface area contributed by atoms with Crippen molar-refractivity contribution < 1.29 is 14.3 Å². The van der Waals surface area contributed by atoms with Crippen LogP contribution in [0.25, 0.3) is 6.08 Å². The van der Waals surface area contributed by atoms with Gasteiger partial charge in [-0.2, -0.15) is 0 Å². The Morgan fingerprint density at radius 2 is 2.00 bits per heavy atom. The summed E-state index contributed by atoms with van der Waals surface area (Å²) in [6.45, 7) is 7.55. The summed E-state index contributed by atoms with van der Waals surface area (Å²) in [6.07, 6.45) is 1.82. The molecular formula is C17H20N2O3S. The van der Waals surface area contributed by atoms with E-state index in [0.29, 0.717) is 11.4 Å². The number of morpholine rings is 1. The Labute approximate surface area is 140 Å². The van der Waals surface area contributed by atoms with Crippen LogP contribution in [-0.2, 0) is 9.53 Å². The Kier molecular flexibility index (Phi) is 4.73. The minimum absolute atomic E-state index is 0.189. The van der Waals surface area contributed by atoms with Crippen molar-refractivity contribution in [1.29, 1.82) is 0 Å². The van der Waals surface area contributed by atoms with Gasteiger partial charge >= 0.3 is 0 Å². The van der Waals surface area contributed by atoms with Crippen LogP contribution in [0.1, 0.15) is 18.1 Å². The number of hydrogen-bond acceptors (Lipinski definition) is 5. The van der Waals surface area contributed by atoms with Crippen LogP contribution >= 0.6 is 11.8 Å². The van der Waals surface area contributed by atoms with Gasteiger partial charge in [-0.25, -0.2) is 0 Å². The maximum atomic E-state index is 12.2. The number of imide groups is 1. The first-order valence-electron chi connectivity index (χ1n) is 7.79. The number of carbonyl (C=O) groups is 2. The third-order valence-corrected chi connectivity index (χ3v) is 5.01. The number of carbonyl (C=O) groups excluding carboxylic acids is 2. The topological polar surface area (TPSA) is 49.9 Å². The minimum Gasteiger partial charge on any atom is -0.378 e. The summed E-state index contributed by atoms with van der Waals surface area (Å²) in [5.41, 5.74) is 3.24. The fraction of sp³-hybridized carbons (Fsp3) is 0.412. The Morgan fingerprint density at radius 1 is 1.26 bits per heavy atom. The van der Waals surface area contributed by atoms with Gasteiger partial charge < -0.3 is 9.64 Å². The summed E-state index contributed by atoms with van der Waals surface area (Å²) in [5.74, 6) is -0.195. The number of ether oxygens (including phenoxy) is 1. The van der Waals surface area contributed by atoms with E-state index in [1.165, 1.54) is 10.6 Å².